The molecule has 0 aliphatic heterocycles. The van der Waals surface area contributed by atoms with E-state index in [0.717, 1.165) is 11.1 Å². The van der Waals surface area contributed by atoms with Crippen molar-refractivity contribution in [3.63, 3.8) is 0 Å². The lowest BCUT2D eigenvalue weighted by Gasteiger charge is -2.09. The van der Waals surface area contributed by atoms with Gasteiger partial charge in [0.05, 0.1) is 10.6 Å². The smallest absolute Gasteiger partial charge is 0.261 e. The van der Waals surface area contributed by atoms with Crippen LogP contribution >= 0.6 is 0 Å². The number of Topliss-reactive ketones (excluding diaryl/α,β-unsaturated/α-hetero) is 1. The SMILES string of the molecule is CC(=O)c1ccc(S(=O)(=O)Nc2ccc(-c3ccc4nnc(-c5cccnc5)n4n3)cc2)cc1. The largest absolute Gasteiger partial charge is 0.295 e. The molecular weight excluding hydrogens is 452 g/mol. The number of carbonyl (C=O) groups is 1. The molecule has 168 valence electrons. The summed E-state index contributed by atoms with van der Waals surface area (Å²) in [5, 5.41) is 13.0. The summed E-state index contributed by atoms with van der Waals surface area (Å²) in [6, 6.07) is 20.0. The highest BCUT2D eigenvalue weighted by Crippen LogP contribution is 2.24. The maximum absolute atomic E-state index is 12.7. The third kappa shape index (κ3) is 4.14. The van der Waals surface area contributed by atoms with Crippen molar-refractivity contribution in [2.24, 2.45) is 0 Å². The van der Waals surface area contributed by atoms with Crippen LogP contribution in [0.4, 0.5) is 5.69 Å². The van der Waals surface area contributed by atoms with E-state index in [4.69, 9.17) is 0 Å². The standard InChI is InChI=1S/C24H18N6O3S/c1-16(31)17-6-10-21(11-7-17)34(32,33)29-20-8-4-18(5-9-20)22-12-13-23-26-27-24(30(23)28-22)19-3-2-14-25-15-19/h2-15,29H,1H3. The van der Waals surface area contributed by atoms with Crippen LogP contribution in [0.2, 0.25) is 0 Å². The Balaban J connectivity index is 1.40. The van der Waals surface area contributed by atoms with Crippen molar-refractivity contribution in [1.82, 2.24) is 24.8 Å². The van der Waals surface area contributed by atoms with Gasteiger partial charge in [-0.1, -0.05) is 24.3 Å². The summed E-state index contributed by atoms with van der Waals surface area (Å²) in [4.78, 5) is 15.6. The molecule has 1 N–H and O–H groups in total. The van der Waals surface area contributed by atoms with Crippen LogP contribution in [-0.4, -0.2) is 39.0 Å². The average Bonchev–Trinajstić information content (AvgIpc) is 3.28. The first-order chi connectivity index (χ1) is 16.4. The van der Waals surface area contributed by atoms with Crippen molar-refractivity contribution in [3.05, 3.63) is 90.8 Å². The topological polar surface area (TPSA) is 119 Å². The summed E-state index contributed by atoms with van der Waals surface area (Å²) in [5.41, 5.74) is 3.71. The molecule has 9 nitrogen and oxygen atoms in total. The van der Waals surface area contributed by atoms with Gasteiger partial charge in [-0.05, 0) is 55.5 Å². The van der Waals surface area contributed by atoms with E-state index in [-0.39, 0.29) is 10.7 Å². The number of pyridine rings is 1. The molecule has 5 rings (SSSR count). The van der Waals surface area contributed by atoms with Crippen molar-refractivity contribution < 1.29 is 13.2 Å². The van der Waals surface area contributed by atoms with Crippen molar-refractivity contribution in [2.75, 3.05) is 4.72 Å². The molecule has 0 amide bonds. The molecular formula is C24H18N6O3S. The van der Waals surface area contributed by atoms with Gasteiger partial charge in [0.15, 0.2) is 17.3 Å². The number of nitrogens with zero attached hydrogens (tertiary/aromatic N) is 5. The molecule has 10 heteroatoms. The zero-order chi connectivity index (χ0) is 23.7. The summed E-state index contributed by atoms with van der Waals surface area (Å²) in [7, 11) is -3.79. The van der Waals surface area contributed by atoms with Crippen molar-refractivity contribution in [1.29, 1.82) is 0 Å². The fraction of sp³-hybridized carbons (Fsp3) is 0.0417. The Hall–Kier alpha value is -4.44. The Morgan fingerprint density at radius 3 is 2.32 bits per heavy atom. The van der Waals surface area contributed by atoms with E-state index in [0.29, 0.717) is 28.4 Å². The number of benzene rings is 2. The lowest BCUT2D eigenvalue weighted by atomic mass is 10.1. The fourth-order valence-corrected chi connectivity index (χ4v) is 4.47. The molecule has 0 aliphatic carbocycles. The van der Waals surface area contributed by atoms with Gasteiger partial charge in [-0.2, -0.15) is 9.61 Å². The molecule has 0 aliphatic rings. The molecule has 0 saturated heterocycles. The Morgan fingerprint density at radius 1 is 0.882 bits per heavy atom. The zero-order valence-corrected chi connectivity index (χ0v) is 18.8. The van der Waals surface area contributed by atoms with Crippen LogP contribution in [0.3, 0.4) is 0 Å². The predicted octanol–water partition coefficient (Wildman–Crippen LogP) is 3.86. The Kier molecular flexibility index (Phi) is 5.34. The van der Waals surface area contributed by atoms with Crippen LogP contribution in [-0.2, 0) is 10.0 Å². The zero-order valence-electron chi connectivity index (χ0n) is 18.0. The molecule has 0 spiro atoms. The highest BCUT2D eigenvalue weighted by atomic mass is 32.2. The minimum atomic E-state index is -3.79. The van der Waals surface area contributed by atoms with Gasteiger partial charge in [-0.3, -0.25) is 14.5 Å². The van der Waals surface area contributed by atoms with Gasteiger partial charge in [0.2, 0.25) is 0 Å². The molecule has 2 aromatic carbocycles. The molecule has 0 bridgehead atoms. The second-order valence-corrected chi connectivity index (χ2v) is 9.20. The van der Waals surface area contributed by atoms with Gasteiger partial charge in [-0.25, -0.2) is 8.42 Å². The van der Waals surface area contributed by atoms with Crippen molar-refractivity contribution >= 4 is 27.1 Å². The summed E-state index contributed by atoms with van der Waals surface area (Å²) >= 11 is 0. The molecule has 0 unspecified atom stereocenters. The van der Waals surface area contributed by atoms with Gasteiger partial charge in [-0.15, -0.1) is 10.2 Å². The van der Waals surface area contributed by atoms with Crippen molar-refractivity contribution in [3.8, 4) is 22.6 Å². The molecule has 0 saturated carbocycles. The number of nitrogens with one attached hydrogen (secondary N) is 1. The minimum Gasteiger partial charge on any atom is -0.295 e. The van der Waals surface area contributed by atoms with Gasteiger partial charge in [0.1, 0.15) is 0 Å². The maximum Gasteiger partial charge on any atom is 0.261 e. The number of carbonyl (C=O) groups excluding carboxylic acids is 1. The maximum atomic E-state index is 12.7. The van der Waals surface area contributed by atoms with E-state index < -0.39 is 10.0 Å². The monoisotopic (exact) mass is 470 g/mol. The fourth-order valence-electron chi connectivity index (χ4n) is 3.41. The average molecular weight is 471 g/mol. The number of fused-ring (bicyclic) bond motifs is 1. The molecule has 3 aromatic heterocycles. The van der Waals surface area contributed by atoms with Crippen LogP contribution in [0.25, 0.3) is 28.3 Å². The number of rotatable bonds is 6. The van der Waals surface area contributed by atoms with Gasteiger partial charge in [0, 0.05) is 34.8 Å². The van der Waals surface area contributed by atoms with Crippen LogP contribution in [0, 0.1) is 0 Å². The summed E-state index contributed by atoms with van der Waals surface area (Å²) in [5.74, 6) is 0.448. The highest BCUT2D eigenvalue weighted by molar-refractivity contribution is 7.92. The van der Waals surface area contributed by atoms with Crippen LogP contribution in [0.15, 0.2) is 90.1 Å². The highest BCUT2D eigenvalue weighted by Gasteiger charge is 2.15. The van der Waals surface area contributed by atoms with E-state index in [1.54, 1.807) is 41.2 Å². The molecule has 0 fully saturated rings. The van der Waals surface area contributed by atoms with Crippen LogP contribution < -0.4 is 4.72 Å². The third-order valence-corrected chi connectivity index (χ3v) is 6.58. The predicted molar refractivity (Wildman–Crippen MR) is 127 cm³/mol. The van der Waals surface area contributed by atoms with Gasteiger partial charge >= 0.3 is 0 Å². The first-order valence-electron chi connectivity index (χ1n) is 10.3. The lowest BCUT2D eigenvalue weighted by molar-refractivity contribution is 0.101. The minimum absolute atomic E-state index is 0.0734. The summed E-state index contributed by atoms with van der Waals surface area (Å²) in [6.45, 7) is 1.43. The van der Waals surface area contributed by atoms with E-state index in [2.05, 4.69) is 25.0 Å². The molecule has 0 radical (unpaired) electrons. The molecule has 34 heavy (non-hydrogen) atoms. The lowest BCUT2D eigenvalue weighted by Crippen LogP contribution is -2.13. The Bertz CT molecular complexity index is 1600. The second-order valence-electron chi connectivity index (χ2n) is 7.52. The molecule has 5 aromatic rings. The normalized spacial score (nSPS) is 11.4. The second kappa shape index (κ2) is 8.49. The number of sulfonamides is 1. The Labute approximate surface area is 195 Å². The van der Waals surface area contributed by atoms with E-state index in [9.17, 15) is 13.2 Å². The number of ketones is 1. The third-order valence-electron chi connectivity index (χ3n) is 5.19. The number of anilines is 1. The van der Waals surface area contributed by atoms with Gasteiger partial charge in [0.25, 0.3) is 10.0 Å². The van der Waals surface area contributed by atoms with Crippen LogP contribution in [0.1, 0.15) is 17.3 Å². The summed E-state index contributed by atoms with van der Waals surface area (Å²) < 4.78 is 29.6. The molecule has 3 heterocycles. The molecule has 0 atom stereocenters. The summed E-state index contributed by atoms with van der Waals surface area (Å²) in [6.07, 6.45) is 3.38. The quantitative estimate of drug-likeness (QED) is 0.374. The first kappa shape index (κ1) is 21.4. The van der Waals surface area contributed by atoms with Crippen LogP contribution in [0.5, 0.6) is 0 Å². The number of hydrogen-bond acceptors (Lipinski definition) is 7. The van der Waals surface area contributed by atoms with Crippen molar-refractivity contribution in [2.45, 2.75) is 11.8 Å². The van der Waals surface area contributed by atoms with E-state index in [1.807, 2.05) is 24.3 Å². The van der Waals surface area contributed by atoms with Gasteiger partial charge < -0.3 is 0 Å². The Morgan fingerprint density at radius 2 is 1.65 bits per heavy atom. The number of aromatic nitrogens is 5. The van der Waals surface area contributed by atoms with E-state index in [1.165, 1.54) is 31.2 Å². The first-order valence-corrected chi connectivity index (χ1v) is 11.8. The van der Waals surface area contributed by atoms with E-state index >= 15 is 0 Å². The number of hydrogen-bond donors (Lipinski definition) is 1.